The number of non-ortho nitro benzene ring substituents is 1. The number of carbonyl (C=O) groups is 1. The van der Waals surface area contributed by atoms with Crippen molar-refractivity contribution in [2.24, 2.45) is 0 Å². The standard InChI is InChI=1S/C6H5NO2.C2H4O2/c8-7(9)6-4-2-1-3-5-6;1-4-2-3/h1-5H;2H,1H3. The second-order valence-electron chi connectivity index (χ2n) is 1.92. The van der Waals surface area contributed by atoms with Gasteiger partial charge in [0.1, 0.15) is 0 Å². The Morgan fingerprint density at radius 2 is 1.85 bits per heavy atom. The van der Waals surface area contributed by atoms with Gasteiger partial charge in [0.25, 0.3) is 12.2 Å². The molecule has 0 aliphatic carbocycles. The average molecular weight is 183 g/mol. The minimum atomic E-state index is -0.417. The van der Waals surface area contributed by atoms with Crippen molar-refractivity contribution in [1.82, 2.24) is 0 Å². The van der Waals surface area contributed by atoms with Crippen LogP contribution in [0, 0.1) is 10.1 Å². The van der Waals surface area contributed by atoms with E-state index in [-0.39, 0.29) is 5.69 Å². The summed E-state index contributed by atoms with van der Waals surface area (Å²) in [6.45, 7) is 0.375. The quantitative estimate of drug-likeness (QED) is 0.394. The number of methoxy groups -OCH3 is 1. The smallest absolute Gasteiger partial charge is 0.292 e. The Kier molecular flexibility index (Phi) is 5.78. The van der Waals surface area contributed by atoms with Crippen LogP contribution in [0.3, 0.4) is 0 Å². The molecule has 5 heteroatoms. The highest BCUT2D eigenvalue weighted by Crippen LogP contribution is 2.06. The first-order chi connectivity index (χ1) is 6.22. The van der Waals surface area contributed by atoms with Crippen LogP contribution in [-0.2, 0) is 9.53 Å². The van der Waals surface area contributed by atoms with Gasteiger partial charge < -0.3 is 4.74 Å². The van der Waals surface area contributed by atoms with Gasteiger partial charge >= 0.3 is 0 Å². The van der Waals surface area contributed by atoms with Crippen LogP contribution in [0.4, 0.5) is 5.69 Å². The Morgan fingerprint density at radius 1 is 1.38 bits per heavy atom. The summed E-state index contributed by atoms with van der Waals surface area (Å²) in [7, 11) is 1.31. The number of carbonyl (C=O) groups excluding carboxylic acids is 1. The van der Waals surface area contributed by atoms with E-state index >= 15 is 0 Å². The zero-order chi connectivity index (χ0) is 10.1. The molecule has 0 radical (unpaired) electrons. The minimum absolute atomic E-state index is 0.137. The van der Waals surface area contributed by atoms with Crippen molar-refractivity contribution in [1.29, 1.82) is 0 Å². The van der Waals surface area contributed by atoms with Crippen molar-refractivity contribution >= 4 is 12.2 Å². The Labute approximate surface area is 75.1 Å². The van der Waals surface area contributed by atoms with E-state index in [9.17, 15) is 10.1 Å². The summed E-state index contributed by atoms with van der Waals surface area (Å²) in [5, 5.41) is 10.0. The lowest BCUT2D eigenvalue weighted by Crippen LogP contribution is -1.84. The van der Waals surface area contributed by atoms with E-state index in [2.05, 4.69) is 4.74 Å². The van der Waals surface area contributed by atoms with Crippen LogP contribution >= 0.6 is 0 Å². The van der Waals surface area contributed by atoms with Crippen LogP contribution in [0.25, 0.3) is 0 Å². The summed E-state index contributed by atoms with van der Waals surface area (Å²) in [5.41, 5.74) is 0.137. The number of para-hydroxylation sites is 1. The third-order valence-electron chi connectivity index (χ3n) is 1.06. The molecule has 1 rings (SSSR count). The number of ether oxygens (including phenoxy) is 1. The van der Waals surface area contributed by atoms with Gasteiger partial charge in [-0.3, -0.25) is 14.9 Å². The molecule has 0 unspecified atom stereocenters. The van der Waals surface area contributed by atoms with Gasteiger partial charge in [0.2, 0.25) is 0 Å². The lowest BCUT2D eigenvalue weighted by atomic mass is 10.3. The van der Waals surface area contributed by atoms with Gasteiger partial charge in [0, 0.05) is 12.1 Å². The van der Waals surface area contributed by atoms with Crippen molar-refractivity contribution in [2.75, 3.05) is 7.11 Å². The lowest BCUT2D eigenvalue weighted by Gasteiger charge is -1.85. The summed E-state index contributed by atoms with van der Waals surface area (Å²) in [5.74, 6) is 0. The number of nitro benzene ring substituents is 1. The molecule has 0 heterocycles. The van der Waals surface area contributed by atoms with E-state index < -0.39 is 4.92 Å². The Morgan fingerprint density at radius 3 is 2.08 bits per heavy atom. The van der Waals surface area contributed by atoms with Gasteiger partial charge in [-0.1, -0.05) is 18.2 Å². The molecular weight excluding hydrogens is 174 g/mol. The molecular formula is C8H9NO4. The average Bonchev–Trinajstić information content (AvgIpc) is 2.19. The van der Waals surface area contributed by atoms with Crippen LogP contribution in [0.15, 0.2) is 30.3 Å². The highest BCUT2D eigenvalue weighted by atomic mass is 16.6. The van der Waals surface area contributed by atoms with Gasteiger partial charge in [-0.05, 0) is 0 Å². The zero-order valence-corrected chi connectivity index (χ0v) is 7.04. The van der Waals surface area contributed by atoms with E-state index in [0.29, 0.717) is 6.47 Å². The fraction of sp³-hybridized carbons (Fsp3) is 0.125. The number of rotatable bonds is 2. The molecule has 0 fully saturated rings. The predicted octanol–water partition coefficient (Wildman–Crippen LogP) is 1.38. The molecule has 0 aliphatic rings. The minimum Gasteiger partial charge on any atom is -0.471 e. The zero-order valence-electron chi connectivity index (χ0n) is 7.04. The van der Waals surface area contributed by atoms with Crippen LogP contribution in [0.1, 0.15) is 0 Å². The van der Waals surface area contributed by atoms with Crippen molar-refractivity contribution < 1.29 is 14.5 Å². The Bertz CT molecular complexity index is 260. The topological polar surface area (TPSA) is 69.4 Å². The van der Waals surface area contributed by atoms with Crippen molar-refractivity contribution in [3.63, 3.8) is 0 Å². The number of hydrogen-bond donors (Lipinski definition) is 0. The first kappa shape index (κ1) is 11.1. The number of nitro groups is 1. The fourth-order valence-electron chi connectivity index (χ4n) is 0.550. The van der Waals surface area contributed by atoms with E-state index in [1.807, 2.05) is 0 Å². The van der Waals surface area contributed by atoms with Gasteiger partial charge in [-0.2, -0.15) is 0 Å². The number of hydrogen-bond acceptors (Lipinski definition) is 4. The predicted molar refractivity (Wildman–Crippen MR) is 46.2 cm³/mol. The SMILES string of the molecule is COC=O.O=[N+]([O-])c1ccccc1. The van der Waals surface area contributed by atoms with Crippen LogP contribution < -0.4 is 0 Å². The summed E-state index contributed by atoms with van der Waals surface area (Å²) in [4.78, 5) is 18.5. The highest BCUT2D eigenvalue weighted by molar-refractivity contribution is 5.36. The summed E-state index contributed by atoms with van der Waals surface area (Å²) in [6.07, 6.45) is 0. The number of nitrogens with zero attached hydrogens (tertiary/aromatic N) is 1. The number of benzene rings is 1. The monoisotopic (exact) mass is 183 g/mol. The molecule has 0 amide bonds. The Balaban J connectivity index is 0.000000310. The molecule has 5 nitrogen and oxygen atoms in total. The first-order valence-corrected chi connectivity index (χ1v) is 3.38. The summed E-state index contributed by atoms with van der Waals surface area (Å²) < 4.78 is 3.86. The second kappa shape index (κ2) is 6.78. The van der Waals surface area contributed by atoms with Crippen molar-refractivity contribution in [3.8, 4) is 0 Å². The van der Waals surface area contributed by atoms with E-state index in [1.54, 1.807) is 18.2 Å². The Hall–Kier alpha value is -1.91. The normalized spacial score (nSPS) is 7.77. The van der Waals surface area contributed by atoms with Gasteiger partial charge in [-0.15, -0.1) is 0 Å². The maximum Gasteiger partial charge on any atom is 0.292 e. The molecule has 70 valence electrons. The van der Waals surface area contributed by atoms with Gasteiger partial charge in [0.15, 0.2) is 0 Å². The van der Waals surface area contributed by atoms with E-state index in [0.717, 1.165) is 0 Å². The molecule has 0 spiro atoms. The van der Waals surface area contributed by atoms with Gasteiger partial charge in [0.05, 0.1) is 12.0 Å². The first-order valence-electron chi connectivity index (χ1n) is 3.38. The molecule has 0 saturated carbocycles. The maximum absolute atomic E-state index is 10.0. The molecule has 13 heavy (non-hydrogen) atoms. The molecule has 0 aliphatic heterocycles. The maximum atomic E-state index is 10.0. The van der Waals surface area contributed by atoms with E-state index in [4.69, 9.17) is 4.79 Å². The van der Waals surface area contributed by atoms with Crippen LogP contribution in [0.5, 0.6) is 0 Å². The highest BCUT2D eigenvalue weighted by Gasteiger charge is 1.98. The molecule has 1 aromatic carbocycles. The fourth-order valence-corrected chi connectivity index (χ4v) is 0.550. The molecule has 0 N–H and O–H groups in total. The third-order valence-corrected chi connectivity index (χ3v) is 1.06. The molecule has 0 bridgehead atoms. The largest absolute Gasteiger partial charge is 0.471 e. The van der Waals surface area contributed by atoms with Crippen LogP contribution in [-0.4, -0.2) is 18.5 Å². The lowest BCUT2D eigenvalue weighted by molar-refractivity contribution is -0.384. The molecule has 0 atom stereocenters. The molecule has 0 saturated heterocycles. The third kappa shape index (κ3) is 5.37. The summed E-state index contributed by atoms with van der Waals surface area (Å²) in [6, 6.07) is 7.93. The molecule has 1 aromatic rings. The van der Waals surface area contributed by atoms with E-state index in [1.165, 1.54) is 19.2 Å². The van der Waals surface area contributed by atoms with Crippen molar-refractivity contribution in [2.45, 2.75) is 0 Å². The van der Waals surface area contributed by atoms with Crippen LogP contribution in [0.2, 0.25) is 0 Å². The molecule has 0 aromatic heterocycles. The summed E-state index contributed by atoms with van der Waals surface area (Å²) >= 11 is 0. The van der Waals surface area contributed by atoms with Gasteiger partial charge in [-0.25, -0.2) is 0 Å². The van der Waals surface area contributed by atoms with Crippen molar-refractivity contribution in [3.05, 3.63) is 40.4 Å². The second-order valence-corrected chi connectivity index (χ2v) is 1.92.